The minimum absolute atomic E-state index is 0.0890. The van der Waals surface area contributed by atoms with Crippen LogP contribution in [0.1, 0.15) is 30.5 Å². The highest BCUT2D eigenvalue weighted by Crippen LogP contribution is 2.17. The molecule has 0 unspecified atom stereocenters. The number of carbonyl (C=O) groups excluding carboxylic acids is 3. The fraction of sp³-hybridized carbons (Fsp3) is 0.136. The van der Waals surface area contributed by atoms with Gasteiger partial charge in [-0.3, -0.25) is 9.59 Å². The van der Waals surface area contributed by atoms with Crippen molar-refractivity contribution < 1.29 is 23.9 Å². The van der Waals surface area contributed by atoms with Crippen molar-refractivity contribution in [3.05, 3.63) is 87.6 Å². The van der Waals surface area contributed by atoms with Crippen LogP contribution in [0, 0.1) is 6.92 Å². The van der Waals surface area contributed by atoms with Crippen molar-refractivity contribution >= 4 is 28.9 Å². The SMILES string of the molecule is Cc1ccc(C(=O)COC(=O)COc2ccc(C(=O)c3ccccc3)cc2)s1. The second kappa shape index (κ2) is 9.10. The summed E-state index contributed by atoms with van der Waals surface area (Å²) in [6.45, 7) is 1.27. The zero-order valence-corrected chi connectivity index (χ0v) is 16.0. The summed E-state index contributed by atoms with van der Waals surface area (Å²) in [6, 6.07) is 19.0. The van der Waals surface area contributed by atoms with E-state index in [0.717, 1.165) is 4.88 Å². The van der Waals surface area contributed by atoms with Crippen molar-refractivity contribution in [1.29, 1.82) is 0 Å². The number of hydrogen-bond donors (Lipinski definition) is 0. The molecule has 0 aliphatic carbocycles. The maximum Gasteiger partial charge on any atom is 0.344 e. The zero-order chi connectivity index (χ0) is 19.9. The van der Waals surface area contributed by atoms with E-state index in [0.29, 0.717) is 21.8 Å². The van der Waals surface area contributed by atoms with Gasteiger partial charge in [0.05, 0.1) is 4.88 Å². The fourth-order valence-electron chi connectivity index (χ4n) is 2.44. The molecule has 0 saturated carbocycles. The van der Waals surface area contributed by atoms with Crippen LogP contribution in [0.3, 0.4) is 0 Å². The normalized spacial score (nSPS) is 10.3. The standard InChI is InChI=1S/C22H18O5S/c1-15-7-12-20(28-15)19(23)13-27-21(24)14-26-18-10-8-17(9-11-18)22(25)16-5-3-2-4-6-16/h2-12H,13-14H2,1H3. The van der Waals surface area contributed by atoms with E-state index >= 15 is 0 Å². The summed E-state index contributed by atoms with van der Waals surface area (Å²) in [6.07, 6.45) is 0. The van der Waals surface area contributed by atoms with Gasteiger partial charge in [0.15, 0.2) is 19.0 Å². The minimum Gasteiger partial charge on any atom is -0.482 e. The molecule has 0 N–H and O–H groups in total. The van der Waals surface area contributed by atoms with Crippen molar-refractivity contribution in [3.8, 4) is 5.75 Å². The second-order valence-electron chi connectivity index (χ2n) is 6.00. The molecule has 3 aromatic rings. The van der Waals surface area contributed by atoms with Crippen LogP contribution < -0.4 is 4.74 Å². The van der Waals surface area contributed by atoms with Gasteiger partial charge in [-0.2, -0.15) is 0 Å². The third-order valence-corrected chi connectivity index (χ3v) is 4.93. The molecule has 1 heterocycles. The monoisotopic (exact) mass is 394 g/mol. The lowest BCUT2D eigenvalue weighted by Crippen LogP contribution is -2.19. The molecule has 0 bridgehead atoms. The maximum absolute atomic E-state index is 12.3. The van der Waals surface area contributed by atoms with E-state index in [1.54, 1.807) is 54.6 Å². The number of hydrogen-bond acceptors (Lipinski definition) is 6. The number of carbonyl (C=O) groups is 3. The van der Waals surface area contributed by atoms with Crippen molar-refractivity contribution in [1.82, 2.24) is 0 Å². The van der Waals surface area contributed by atoms with Gasteiger partial charge in [0.25, 0.3) is 0 Å². The average Bonchev–Trinajstić information content (AvgIpc) is 3.17. The van der Waals surface area contributed by atoms with Crippen molar-refractivity contribution in [2.75, 3.05) is 13.2 Å². The third-order valence-electron chi connectivity index (χ3n) is 3.89. The number of rotatable bonds is 8. The first-order valence-corrected chi connectivity index (χ1v) is 9.42. The highest BCUT2D eigenvalue weighted by molar-refractivity contribution is 7.14. The van der Waals surface area contributed by atoms with Gasteiger partial charge in [-0.1, -0.05) is 30.3 Å². The summed E-state index contributed by atoms with van der Waals surface area (Å²) in [5.74, 6) is -0.531. The van der Waals surface area contributed by atoms with Gasteiger partial charge in [-0.15, -0.1) is 11.3 Å². The molecule has 1 aromatic heterocycles. The molecule has 0 atom stereocenters. The lowest BCUT2D eigenvalue weighted by atomic mass is 10.0. The molecule has 0 amide bonds. The van der Waals surface area contributed by atoms with Crippen LogP contribution in [0.5, 0.6) is 5.75 Å². The topological polar surface area (TPSA) is 69.7 Å². The highest BCUT2D eigenvalue weighted by atomic mass is 32.1. The minimum atomic E-state index is -0.633. The molecule has 0 aliphatic heterocycles. The number of esters is 1. The summed E-state index contributed by atoms with van der Waals surface area (Å²) in [5.41, 5.74) is 1.13. The van der Waals surface area contributed by atoms with E-state index < -0.39 is 5.97 Å². The molecule has 142 valence electrons. The van der Waals surface area contributed by atoms with E-state index in [9.17, 15) is 14.4 Å². The lowest BCUT2D eigenvalue weighted by molar-refractivity contribution is -0.144. The van der Waals surface area contributed by atoms with E-state index in [2.05, 4.69) is 0 Å². The first-order chi connectivity index (χ1) is 13.5. The Labute approximate surface area is 166 Å². The van der Waals surface area contributed by atoms with Crippen LogP contribution in [0.2, 0.25) is 0 Å². The molecule has 5 nitrogen and oxygen atoms in total. The first kappa shape index (κ1) is 19.5. The summed E-state index contributed by atoms with van der Waals surface area (Å²) in [4.78, 5) is 37.6. The largest absolute Gasteiger partial charge is 0.482 e. The Morgan fingerprint density at radius 3 is 2.14 bits per heavy atom. The van der Waals surface area contributed by atoms with Crippen LogP contribution in [0.25, 0.3) is 0 Å². The zero-order valence-electron chi connectivity index (χ0n) is 15.2. The van der Waals surface area contributed by atoms with Gasteiger partial charge in [0, 0.05) is 16.0 Å². The molecule has 0 fully saturated rings. The molecule has 0 saturated heterocycles. The van der Waals surface area contributed by atoms with Gasteiger partial charge in [0.2, 0.25) is 5.78 Å². The number of aryl methyl sites for hydroxylation is 1. The molecule has 28 heavy (non-hydrogen) atoms. The Bertz CT molecular complexity index is 974. The Morgan fingerprint density at radius 2 is 1.50 bits per heavy atom. The van der Waals surface area contributed by atoms with E-state index in [4.69, 9.17) is 9.47 Å². The summed E-state index contributed by atoms with van der Waals surface area (Å²) in [7, 11) is 0. The quantitative estimate of drug-likeness (QED) is 0.425. The molecule has 0 radical (unpaired) electrons. The van der Waals surface area contributed by atoms with Crippen LogP contribution in [0.15, 0.2) is 66.7 Å². The van der Waals surface area contributed by atoms with Gasteiger partial charge < -0.3 is 9.47 Å². The van der Waals surface area contributed by atoms with E-state index in [1.807, 2.05) is 19.1 Å². The van der Waals surface area contributed by atoms with Crippen LogP contribution in [-0.2, 0) is 9.53 Å². The molecular formula is C22H18O5S. The van der Waals surface area contributed by atoms with Crippen LogP contribution >= 0.6 is 11.3 Å². The summed E-state index contributed by atoms with van der Waals surface area (Å²) < 4.78 is 10.3. The average molecular weight is 394 g/mol. The van der Waals surface area contributed by atoms with Crippen molar-refractivity contribution in [3.63, 3.8) is 0 Å². The van der Waals surface area contributed by atoms with Crippen molar-refractivity contribution in [2.45, 2.75) is 6.92 Å². The molecular weight excluding hydrogens is 376 g/mol. The summed E-state index contributed by atoms with van der Waals surface area (Å²) >= 11 is 1.36. The highest BCUT2D eigenvalue weighted by Gasteiger charge is 2.13. The molecule has 6 heteroatoms. The maximum atomic E-state index is 12.3. The predicted octanol–water partition coefficient (Wildman–Crippen LogP) is 4.09. The van der Waals surface area contributed by atoms with Gasteiger partial charge in [0.1, 0.15) is 5.75 Å². The number of ketones is 2. The number of Topliss-reactive ketones (excluding diaryl/α,β-unsaturated/α-hetero) is 1. The predicted molar refractivity (Wildman–Crippen MR) is 106 cm³/mol. The van der Waals surface area contributed by atoms with Gasteiger partial charge in [-0.05, 0) is 43.3 Å². The van der Waals surface area contributed by atoms with Crippen LogP contribution in [-0.4, -0.2) is 30.7 Å². The van der Waals surface area contributed by atoms with E-state index in [-0.39, 0.29) is 24.8 Å². The third kappa shape index (κ3) is 5.14. The van der Waals surface area contributed by atoms with Crippen LogP contribution in [0.4, 0.5) is 0 Å². The fourth-order valence-corrected chi connectivity index (χ4v) is 3.24. The molecule has 0 aliphatic rings. The number of thiophene rings is 1. The number of ether oxygens (including phenoxy) is 2. The molecule has 2 aromatic carbocycles. The molecule has 3 rings (SSSR count). The van der Waals surface area contributed by atoms with E-state index in [1.165, 1.54) is 11.3 Å². The second-order valence-corrected chi connectivity index (χ2v) is 7.29. The van der Waals surface area contributed by atoms with Gasteiger partial charge >= 0.3 is 5.97 Å². The van der Waals surface area contributed by atoms with Gasteiger partial charge in [-0.25, -0.2) is 4.79 Å². The summed E-state index contributed by atoms with van der Waals surface area (Å²) in [5, 5.41) is 0. The van der Waals surface area contributed by atoms with Crippen molar-refractivity contribution in [2.24, 2.45) is 0 Å². The Kier molecular flexibility index (Phi) is 6.34. The lowest BCUT2D eigenvalue weighted by Gasteiger charge is -2.07. The Hall–Kier alpha value is -3.25. The smallest absolute Gasteiger partial charge is 0.344 e. The molecule has 0 spiro atoms. The first-order valence-electron chi connectivity index (χ1n) is 8.61. The number of benzene rings is 2. The Morgan fingerprint density at radius 1 is 0.821 bits per heavy atom. The Balaban J connectivity index is 1.47.